The Morgan fingerprint density at radius 2 is 2.11 bits per heavy atom. The number of carboxylic acids is 1. The summed E-state index contributed by atoms with van der Waals surface area (Å²) in [5.74, 6) is -0.215. The van der Waals surface area contributed by atoms with Gasteiger partial charge in [-0.1, -0.05) is 0 Å². The zero-order valence-corrected chi connectivity index (χ0v) is 11.7. The van der Waals surface area contributed by atoms with E-state index in [2.05, 4.69) is 4.90 Å². The molecule has 0 aliphatic heterocycles. The molecule has 0 amide bonds. The summed E-state index contributed by atoms with van der Waals surface area (Å²) >= 11 is 1.74. The Bertz CT molecular complexity index is 520. The van der Waals surface area contributed by atoms with E-state index in [0.29, 0.717) is 6.04 Å². The fourth-order valence-corrected chi connectivity index (χ4v) is 4.14. The first kappa shape index (κ1) is 11.7. The van der Waals surface area contributed by atoms with Gasteiger partial charge in [-0.3, -0.25) is 4.79 Å². The molecule has 1 heterocycles. The second-order valence-corrected chi connectivity index (χ2v) is 7.12. The minimum absolute atomic E-state index is 0.359. The lowest BCUT2D eigenvalue weighted by molar-refractivity contribution is -0.138. The van der Waals surface area contributed by atoms with Gasteiger partial charge in [0.25, 0.3) is 0 Å². The molecule has 0 aromatic carbocycles. The molecular weight excluding hydrogens is 260 g/mol. The van der Waals surface area contributed by atoms with Crippen molar-refractivity contribution in [3.63, 3.8) is 0 Å². The Morgan fingerprint density at radius 3 is 2.74 bits per heavy atom. The first-order valence-electron chi connectivity index (χ1n) is 7.21. The normalized spacial score (nSPS) is 25.4. The average molecular weight is 278 g/mol. The predicted octanol–water partition coefficient (Wildman–Crippen LogP) is 2.64. The maximum atomic E-state index is 11.2. The molecule has 1 unspecified atom stereocenters. The van der Waals surface area contributed by atoms with Gasteiger partial charge in [-0.15, -0.1) is 11.3 Å². The highest BCUT2D eigenvalue weighted by atomic mass is 32.1. The highest BCUT2D eigenvalue weighted by Gasteiger charge is 2.38. The molecule has 0 saturated heterocycles. The number of thiazole rings is 1. The zero-order valence-electron chi connectivity index (χ0n) is 10.8. The van der Waals surface area contributed by atoms with Gasteiger partial charge < -0.3 is 10.0 Å². The third-order valence-corrected chi connectivity index (χ3v) is 5.56. The van der Waals surface area contributed by atoms with Crippen molar-refractivity contribution in [1.82, 2.24) is 4.98 Å². The molecule has 19 heavy (non-hydrogen) atoms. The predicted molar refractivity (Wildman–Crippen MR) is 73.9 cm³/mol. The van der Waals surface area contributed by atoms with Gasteiger partial charge in [-0.05, 0) is 44.4 Å². The maximum absolute atomic E-state index is 11.2. The van der Waals surface area contributed by atoms with Crippen LogP contribution in [0.25, 0.3) is 0 Å². The van der Waals surface area contributed by atoms with Crippen molar-refractivity contribution in [2.24, 2.45) is 5.92 Å². The van der Waals surface area contributed by atoms with Crippen LogP contribution < -0.4 is 4.90 Å². The van der Waals surface area contributed by atoms with E-state index in [1.54, 1.807) is 11.3 Å². The lowest BCUT2D eigenvalue weighted by atomic mass is 10.1. The first-order chi connectivity index (χ1) is 9.22. The van der Waals surface area contributed by atoms with Crippen LogP contribution in [0.4, 0.5) is 5.13 Å². The second kappa shape index (κ2) is 4.20. The van der Waals surface area contributed by atoms with Crippen molar-refractivity contribution in [2.75, 3.05) is 11.4 Å². The SMILES string of the molecule is O=C(O)C1CCc2sc(N(CC3CC3)C3CC3)nc21. The molecule has 0 radical (unpaired) electrons. The Balaban J connectivity index is 1.60. The van der Waals surface area contributed by atoms with Gasteiger partial charge in [-0.25, -0.2) is 4.98 Å². The highest BCUT2D eigenvalue weighted by molar-refractivity contribution is 7.15. The third kappa shape index (κ3) is 2.14. The summed E-state index contributed by atoms with van der Waals surface area (Å²) < 4.78 is 0. The minimum Gasteiger partial charge on any atom is -0.481 e. The van der Waals surface area contributed by atoms with Crippen LogP contribution in [0.3, 0.4) is 0 Å². The Kier molecular flexibility index (Phi) is 2.59. The minimum atomic E-state index is -0.712. The van der Waals surface area contributed by atoms with Crippen molar-refractivity contribution in [3.8, 4) is 0 Å². The van der Waals surface area contributed by atoms with Gasteiger partial charge in [0.05, 0.1) is 5.69 Å². The molecule has 2 fully saturated rings. The van der Waals surface area contributed by atoms with Crippen molar-refractivity contribution in [2.45, 2.75) is 50.5 Å². The summed E-state index contributed by atoms with van der Waals surface area (Å²) in [6.07, 6.45) is 6.89. The molecule has 1 N–H and O–H groups in total. The molecule has 4 nitrogen and oxygen atoms in total. The van der Waals surface area contributed by atoms with E-state index in [1.165, 1.54) is 30.6 Å². The van der Waals surface area contributed by atoms with Crippen LogP contribution in [0.2, 0.25) is 0 Å². The molecule has 1 aromatic rings. The lowest BCUT2D eigenvalue weighted by Gasteiger charge is -2.21. The van der Waals surface area contributed by atoms with E-state index in [9.17, 15) is 9.90 Å². The molecule has 3 aliphatic carbocycles. The number of carboxylic acid groups (broad SMARTS) is 1. The molecular formula is C14H18N2O2S. The van der Waals surface area contributed by atoms with E-state index >= 15 is 0 Å². The number of fused-ring (bicyclic) bond motifs is 1. The smallest absolute Gasteiger partial charge is 0.312 e. The van der Waals surface area contributed by atoms with Gasteiger partial charge in [-0.2, -0.15) is 0 Å². The Labute approximate surface area is 116 Å². The summed E-state index contributed by atoms with van der Waals surface area (Å²) in [5.41, 5.74) is 0.856. The number of aromatic nitrogens is 1. The maximum Gasteiger partial charge on any atom is 0.312 e. The number of nitrogens with zero attached hydrogens (tertiary/aromatic N) is 2. The van der Waals surface area contributed by atoms with Gasteiger partial charge in [0.1, 0.15) is 5.92 Å². The van der Waals surface area contributed by atoms with Crippen molar-refractivity contribution >= 4 is 22.4 Å². The molecule has 2 saturated carbocycles. The first-order valence-corrected chi connectivity index (χ1v) is 8.03. The van der Waals surface area contributed by atoms with Gasteiger partial charge in [0.15, 0.2) is 5.13 Å². The summed E-state index contributed by atoms with van der Waals surface area (Å²) in [6, 6.07) is 0.676. The topological polar surface area (TPSA) is 53.4 Å². The fraction of sp³-hybridized carbons (Fsp3) is 0.714. The number of aliphatic carboxylic acids is 1. The largest absolute Gasteiger partial charge is 0.481 e. The van der Waals surface area contributed by atoms with Crippen LogP contribution in [0.5, 0.6) is 0 Å². The second-order valence-electron chi connectivity index (χ2n) is 6.06. The fourth-order valence-electron chi connectivity index (χ4n) is 2.93. The molecule has 1 aromatic heterocycles. The number of aryl methyl sites for hydroxylation is 1. The molecule has 0 spiro atoms. The number of hydrogen-bond acceptors (Lipinski definition) is 4. The average Bonchev–Trinajstić information content (AvgIpc) is 3.25. The lowest BCUT2D eigenvalue weighted by Crippen LogP contribution is -2.28. The van der Waals surface area contributed by atoms with E-state index in [4.69, 9.17) is 4.98 Å². The van der Waals surface area contributed by atoms with E-state index in [0.717, 1.165) is 36.1 Å². The van der Waals surface area contributed by atoms with E-state index in [1.807, 2.05) is 0 Å². The number of rotatable bonds is 5. The van der Waals surface area contributed by atoms with Gasteiger partial charge in [0.2, 0.25) is 0 Å². The van der Waals surface area contributed by atoms with Crippen LogP contribution in [-0.2, 0) is 11.2 Å². The summed E-state index contributed by atoms with van der Waals surface area (Å²) in [7, 11) is 0. The zero-order chi connectivity index (χ0) is 13.0. The molecule has 3 aliphatic rings. The molecule has 0 bridgehead atoms. The van der Waals surface area contributed by atoms with E-state index < -0.39 is 5.97 Å². The molecule has 5 heteroatoms. The van der Waals surface area contributed by atoms with Crippen LogP contribution in [0.1, 0.15) is 48.6 Å². The highest BCUT2D eigenvalue weighted by Crippen LogP contribution is 2.44. The van der Waals surface area contributed by atoms with Crippen LogP contribution in [0, 0.1) is 5.92 Å². The van der Waals surface area contributed by atoms with E-state index in [-0.39, 0.29) is 5.92 Å². The van der Waals surface area contributed by atoms with Crippen LogP contribution >= 0.6 is 11.3 Å². The summed E-state index contributed by atoms with van der Waals surface area (Å²) in [4.78, 5) is 19.6. The summed E-state index contributed by atoms with van der Waals surface area (Å²) in [5, 5.41) is 10.3. The number of carbonyl (C=O) groups is 1. The quantitative estimate of drug-likeness (QED) is 0.899. The van der Waals surface area contributed by atoms with Gasteiger partial charge >= 0.3 is 5.97 Å². The molecule has 102 valence electrons. The molecule has 1 atom stereocenters. The standard InChI is InChI=1S/C14H18N2O2S/c17-13(18)10-5-6-11-12(10)15-14(19-11)16(9-3-4-9)7-8-1-2-8/h8-10H,1-7H2,(H,17,18). The van der Waals surface area contributed by atoms with Crippen LogP contribution in [0.15, 0.2) is 0 Å². The van der Waals surface area contributed by atoms with Crippen molar-refractivity contribution in [3.05, 3.63) is 10.6 Å². The molecule has 4 rings (SSSR count). The van der Waals surface area contributed by atoms with Crippen molar-refractivity contribution < 1.29 is 9.90 Å². The number of hydrogen-bond donors (Lipinski definition) is 1. The summed E-state index contributed by atoms with van der Waals surface area (Å²) in [6.45, 7) is 1.13. The van der Waals surface area contributed by atoms with Crippen molar-refractivity contribution in [1.29, 1.82) is 0 Å². The Hall–Kier alpha value is -1.10. The monoisotopic (exact) mass is 278 g/mol. The van der Waals surface area contributed by atoms with Gasteiger partial charge in [0, 0.05) is 17.5 Å². The third-order valence-electron chi connectivity index (χ3n) is 4.39. The van der Waals surface area contributed by atoms with Crippen LogP contribution in [-0.4, -0.2) is 28.6 Å². The Morgan fingerprint density at radius 1 is 1.32 bits per heavy atom. The number of anilines is 1.